The molecule has 0 saturated carbocycles. The number of amides is 4. The predicted molar refractivity (Wildman–Crippen MR) is 322 cm³/mol. The zero-order valence-electron chi connectivity index (χ0n) is 53.7. The maximum atomic E-state index is 13.7. The van der Waals surface area contributed by atoms with Crippen LogP contribution in [0.25, 0.3) is 0 Å². The van der Waals surface area contributed by atoms with Crippen LogP contribution in [0.2, 0.25) is 0 Å². The highest BCUT2D eigenvalue weighted by Crippen LogP contribution is 2.28. The molecule has 36 nitrogen and oxygen atoms in total. The summed E-state index contributed by atoms with van der Waals surface area (Å²) in [6.45, 7) is -0.272. The van der Waals surface area contributed by atoms with Gasteiger partial charge >= 0.3 is 0 Å². The Bertz CT molecular complexity index is 1920. The number of aliphatic hydroxyl groups excluding tert-OH is 12. The Morgan fingerprint density at radius 1 is 0.358 bits per heavy atom. The van der Waals surface area contributed by atoms with Gasteiger partial charge in [0.1, 0.15) is 79.0 Å². The molecule has 0 aromatic carbocycles. The second-order valence-electron chi connectivity index (χ2n) is 22.3. The number of ether oxygens (including phenoxy) is 15. The SMILES string of the molecule is C#CC(=O)NCCCCCC(=O)CC(COCCC(=O)NCCOCCOCCO[C@@H]1OC(CO)[C@@H](O)[C@H](O)C1O)(COCCC(=O)NCCOCCOCCO[C@H]1OC(CO)[C@@H](O)[C@H](O)C1O)COCCC(=O)NCCOCCOCCO[C@H]1OC(CO)[C@@H](O)[C@H](O)C1O. The Morgan fingerprint density at radius 3 is 0.989 bits per heavy atom. The average Bonchev–Trinajstić information content (AvgIpc) is 0.859. The molecule has 3 aliphatic rings. The van der Waals surface area contributed by atoms with Gasteiger partial charge in [-0.05, 0) is 18.8 Å². The lowest BCUT2D eigenvalue weighted by Crippen LogP contribution is -2.59. The fraction of sp³-hybridized carbons (Fsp3) is 0.881. The normalized spacial score (nSPS) is 26.7. The van der Waals surface area contributed by atoms with E-state index < -0.39 is 123 Å². The summed E-state index contributed by atoms with van der Waals surface area (Å²) in [5, 5.41) is 129. The van der Waals surface area contributed by atoms with Gasteiger partial charge in [-0.2, -0.15) is 0 Å². The number of unbranched alkanes of at least 4 members (excludes halogenated alkanes) is 2. The third-order valence-corrected chi connectivity index (χ3v) is 14.7. The van der Waals surface area contributed by atoms with Crippen molar-refractivity contribution in [2.24, 2.45) is 5.41 Å². The summed E-state index contributed by atoms with van der Waals surface area (Å²) < 4.78 is 83.0. The van der Waals surface area contributed by atoms with Crippen LogP contribution in [-0.4, -0.2) is 368 Å². The number of rotatable bonds is 56. The summed E-state index contributed by atoms with van der Waals surface area (Å²) in [5.74, 6) is 0.154. The van der Waals surface area contributed by atoms with Crippen molar-refractivity contribution in [2.75, 3.05) is 185 Å². The van der Waals surface area contributed by atoms with Crippen molar-refractivity contribution in [3.05, 3.63) is 0 Å². The molecule has 3 saturated heterocycles. The van der Waals surface area contributed by atoms with Crippen molar-refractivity contribution in [1.29, 1.82) is 0 Å². The third kappa shape index (κ3) is 35.1. The topological polar surface area (TPSA) is 515 Å². The van der Waals surface area contributed by atoms with E-state index in [-0.39, 0.29) is 214 Å². The van der Waals surface area contributed by atoms with E-state index in [0.717, 1.165) is 0 Å². The Balaban J connectivity index is 1.47. The smallest absolute Gasteiger partial charge is 0.295 e. The molecule has 3 rings (SSSR count). The van der Waals surface area contributed by atoms with E-state index >= 15 is 0 Å². The van der Waals surface area contributed by atoms with Gasteiger partial charge in [0.2, 0.25) is 17.7 Å². The van der Waals surface area contributed by atoms with E-state index in [1.807, 2.05) is 5.92 Å². The molecule has 3 fully saturated rings. The van der Waals surface area contributed by atoms with Gasteiger partial charge < -0.3 is 154 Å². The zero-order valence-corrected chi connectivity index (χ0v) is 53.7. The molecule has 0 aromatic rings. The summed E-state index contributed by atoms with van der Waals surface area (Å²) >= 11 is 0. The van der Waals surface area contributed by atoms with E-state index in [0.29, 0.717) is 25.8 Å². The molecule has 0 aliphatic carbocycles. The number of aliphatic hydroxyl groups is 12. The quantitative estimate of drug-likeness (QED) is 0.0199. The van der Waals surface area contributed by atoms with E-state index in [1.165, 1.54) is 0 Å². The summed E-state index contributed by atoms with van der Waals surface area (Å²) in [6, 6.07) is 0. The minimum atomic E-state index is -1.57. The second-order valence-corrected chi connectivity index (χ2v) is 22.3. The van der Waals surface area contributed by atoms with E-state index in [1.54, 1.807) is 0 Å². The van der Waals surface area contributed by atoms with Gasteiger partial charge in [0.15, 0.2) is 18.9 Å². The van der Waals surface area contributed by atoms with Gasteiger partial charge in [0, 0.05) is 63.7 Å². The Kier molecular flexibility index (Phi) is 46.0. The van der Waals surface area contributed by atoms with Gasteiger partial charge in [-0.25, -0.2) is 0 Å². The third-order valence-electron chi connectivity index (χ3n) is 14.7. The van der Waals surface area contributed by atoms with Crippen molar-refractivity contribution in [3.63, 3.8) is 0 Å². The molecule has 36 heteroatoms. The van der Waals surface area contributed by atoms with Crippen molar-refractivity contribution in [3.8, 4) is 12.3 Å². The fourth-order valence-corrected chi connectivity index (χ4v) is 9.33. The van der Waals surface area contributed by atoms with Gasteiger partial charge in [-0.15, -0.1) is 6.42 Å². The molecule has 0 radical (unpaired) electrons. The number of hydrogen-bond donors (Lipinski definition) is 16. The van der Waals surface area contributed by atoms with Crippen LogP contribution in [0.1, 0.15) is 51.4 Å². The van der Waals surface area contributed by atoms with Crippen molar-refractivity contribution < 1.29 is 156 Å². The van der Waals surface area contributed by atoms with Crippen molar-refractivity contribution >= 4 is 29.4 Å². The van der Waals surface area contributed by atoms with Crippen LogP contribution in [-0.2, 0) is 95.0 Å². The maximum absolute atomic E-state index is 13.7. The van der Waals surface area contributed by atoms with Crippen LogP contribution < -0.4 is 21.3 Å². The molecule has 552 valence electrons. The highest BCUT2D eigenvalue weighted by atomic mass is 16.7. The molecule has 15 atom stereocenters. The van der Waals surface area contributed by atoms with Gasteiger partial charge in [-0.1, -0.05) is 6.42 Å². The largest absolute Gasteiger partial charge is 0.394 e. The first-order valence-corrected chi connectivity index (χ1v) is 31.8. The molecule has 95 heavy (non-hydrogen) atoms. The number of terminal acetylenes is 1. The lowest BCUT2D eigenvalue weighted by atomic mass is 9.84. The van der Waals surface area contributed by atoms with Gasteiger partial charge in [0.25, 0.3) is 5.91 Å². The highest BCUT2D eigenvalue weighted by Gasteiger charge is 2.46. The van der Waals surface area contributed by atoms with E-state index in [2.05, 4.69) is 21.3 Å². The fourth-order valence-electron chi connectivity index (χ4n) is 9.33. The Hall–Kier alpha value is -3.97. The van der Waals surface area contributed by atoms with Gasteiger partial charge in [-0.3, -0.25) is 24.0 Å². The second kappa shape index (κ2) is 51.2. The first-order chi connectivity index (χ1) is 45.8. The molecular weight excluding hydrogens is 1280 g/mol. The first kappa shape index (κ1) is 85.3. The molecule has 3 aliphatic heterocycles. The zero-order chi connectivity index (χ0) is 69.6. The molecule has 16 N–H and O–H groups in total. The van der Waals surface area contributed by atoms with Crippen LogP contribution in [0, 0.1) is 17.8 Å². The van der Waals surface area contributed by atoms with Crippen molar-refractivity contribution in [2.45, 2.75) is 143 Å². The van der Waals surface area contributed by atoms with E-state index in [9.17, 15) is 85.3 Å². The molecular formula is C59H104N4O32. The summed E-state index contributed by atoms with van der Waals surface area (Å²) in [5.41, 5.74) is -1.17. The highest BCUT2D eigenvalue weighted by molar-refractivity contribution is 5.92. The number of ketones is 1. The molecule has 0 spiro atoms. The monoisotopic (exact) mass is 1380 g/mol. The minimum absolute atomic E-state index is 0.0427. The number of Topliss-reactive ketones (excluding diaryl/α,β-unsaturated/α-hetero) is 1. The van der Waals surface area contributed by atoms with Gasteiger partial charge in [0.05, 0.1) is 159 Å². The first-order valence-electron chi connectivity index (χ1n) is 31.8. The maximum Gasteiger partial charge on any atom is 0.295 e. The number of carbonyl (C=O) groups is 5. The van der Waals surface area contributed by atoms with Crippen LogP contribution >= 0.6 is 0 Å². The van der Waals surface area contributed by atoms with Crippen LogP contribution in [0.15, 0.2) is 0 Å². The number of carbonyl (C=O) groups excluding carboxylic acids is 5. The van der Waals surface area contributed by atoms with Crippen LogP contribution in [0.5, 0.6) is 0 Å². The lowest BCUT2D eigenvalue weighted by Gasteiger charge is -2.39. The predicted octanol–water partition coefficient (Wildman–Crippen LogP) is -8.64. The summed E-state index contributed by atoms with van der Waals surface area (Å²) in [6.07, 6.45) is -14.5. The van der Waals surface area contributed by atoms with Crippen LogP contribution in [0.3, 0.4) is 0 Å². The standard InChI is InChI=1S/C59H104N4O32/c1-2-43(68)60-10-5-3-4-6-39(67)32-59(36-87-14-7-44(69)61-11-17-81-20-23-84-26-29-90-56-53(78)50(75)47(72)40(33-64)93-56,37-88-15-8-45(70)62-12-18-82-21-24-85-27-30-91-57-54(79)51(76)48(73)41(34-65)94-57)38-89-16-9-46(71)63-13-19-83-22-25-86-28-31-92-58-55(80)52(77)49(74)42(35-66)95-58/h1,40-42,47-58,64-66,72-80H,3-38H2,(H,60,68)(H,61,69)(H,62,70)(H,63,71)/t40?,41?,42?,47-,48-,49-,50+,51+,52+,53?,54?,55?,56-,57+,58+,59?/m1/s1. The summed E-state index contributed by atoms with van der Waals surface area (Å²) in [4.78, 5) is 63.7. The molecule has 3 heterocycles. The van der Waals surface area contributed by atoms with Crippen molar-refractivity contribution in [1.82, 2.24) is 21.3 Å². The lowest BCUT2D eigenvalue weighted by molar-refractivity contribution is -0.302. The number of nitrogens with one attached hydrogen (secondary N) is 4. The molecule has 0 bridgehead atoms. The molecule has 4 amide bonds. The van der Waals surface area contributed by atoms with E-state index in [4.69, 9.17) is 77.5 Å². The number of hydrogen-bond acceptors (Lipinski definition) is 32. The summed E-state index contributed by atoms with van der Waals surface area (Å²) in [7, 11) is 0. The average molecular weight is 1380 g/mol. The minimum Gasteiger partial charge on any atom is -0.394 e. The molecule has 6 unspecified atom stereocenters. The Labute approximate surface area is 551 Å². The Morgan fingerprint density at radius 2 is 0.674 bits per heavy atom. The molecule has 0 aromatic heterocycles. The van der Waals surface area contributed by atoms with Crippen LogP contribution in [0.4, 0.5) is 0 Å².